The number of carbonyl (C=O) groups is 1. The SMILES string of the molecule is CCc1nc(C(=O)NCCCn2nc(C)cc2C)n[nH]1. The minimum absolute atomic E-state index is 0.202. The van der Waals surface area contributed by atoms with Gasteiger partial charge in [0.2, 0.25) is 5.82 Å². The summed E-state index contributed by atoms with van der Waals surface area (Å²) in [5.74, 6) is 0.681. The molecule has 0 aromatic carbocycles. The fourth-order valence-electron chi connectivity index (χ4n) is 1.97. The first-order chi connectivity index (χ1) is 9.60. The molecule has 2 rings (SSSR count). The summed E-state index contributed by atoms with van der Waals surface area (Å²) in [7, 11) is 0. The van der Waals surface area contributed by atoms with Crippen LogP contribution in [0.4, 0.5) is 0 Å². The summed E-state index contributed by atoms with van der Waals surface area (Å²) in [6.45, 7) is 7.32. The van der Waals surface area contributed by atoms with Gasteiger partial charge in [0.1, 0.15) is 5.82 Å². The molecular weight excluding hydrogens is 256 g/mol. The van der Waals surface area contributed by atoms with E-state index in [1.54, 1.807) is 0 Å². The van der Waals surface area contributed by atoms with E-state index < -0.39 is 0 Å². The van der Waals surface area contributed by atoms with E-state index in [4.69, 9.17) is 0 Å². The van der Waals surface area contributed by atoms with Crippen molar-refractivity contribution in [3.63, 3.8) is 0 Å². The minimum Gasteiger partial charge on any atom is -0.349 e. The molecule has 2 N–H and O–H groups in total. The normalized spacial score (nSPS) is 10.8. The van der Waals surface area contributed by atoms with Crippen molar-refractivity contribution in [2.75, 3.05) is 6.54 Å². The lowest BCUT2D eigenvalue weighted by atomic mass is 10.3. The van der Waals surface area contributed by atoms with Gasteiger partial charge >= 0.3 is 0 Å². The molecule has 0 bridgehead atoms. The van der Waals surface area contributed by atoms with E-state index in [0.29, 0.717) is 6.54 Å². The zero-order valence-corrected chi connectivity index (χ0v) is 12.1. The number of aromatic amines is 1. The Morgan fingerprint density at radius 1 is 1.45 bits per heavy atom. The fraction of sp³-hybridized carbons (Fsp3) is 0.538. The van der Waals surface area contributed by atoms with Crippen molar-refractivity contribution in [1.82, 2.24) is 30.3 Å². The van der Waals surface area contributed by atoms with Crippen LogP contribution in [-0.2, 0) is 13.0 Å². The maximum absolute atomic E-state index is 11.8. The molecule has 1 amide bonds. The molecule has 108 valence electrons. The summed E-state index contributed by atoms with van der Waals surface area (Å²) in [5.41, 5.74) is 2.15. The monoisotopic (exact) mass is 276 g/mol. The van der Waals surface area contributed by atoms with Gasteiger partial charge in [-0.1, -0.05) is 6.92 Å². The molecule has 0 unspecified atom stereocenters. The van der Waals surface area contributed by atoms with E-state index in [9.17, 15) is 4.79 Å². The van der Waals surface area contributed by atoms with Crippen LogP contribution in [0.15, 0.2) is 6.07 Å². The molecule has 0 spiro atoms. The highest BCUT2D eigenvalue weighted by Gasteiger charge is 2.10. The Morgan fingerprint density at radius 3 is 2.85 bits per heavy atom. The third-order valence-electron chi connectivity index (χ3n) is 3.01. The van der Waals surface area contributed by atoms with Gasteiger partial charge in [-0.25, -0.2) is 4.98 Å². The van der Waals surface area contributed by atoms with Gasteiger partial charge < -0.3 is 5.32 Å². The van der Waals surface area contributed by atoms with Crippen LogP contribution in [0.3, 0.4) is 0 Å². The Hall–Kier alpha value is -2.18. The first-order valence-electron chi connectivity index (χ1n) is 6.80. The van der Waals surface area contributed by atoms with Crippen LogP contribution >= 0.6 is 0 Å². The summed E-state index contributed by atoms with van der Waals surface area (Å²) < 4.78 is 1.95. The third-order valence-corrected chi connectivity index (χ3v) is 3.01. The van der Waals surface area contributed by atoms with Crippen LogP contribution in [0, 0.1) is 13.8 Å². The molecule has 2 aromatic rings. The van der Waals surface area contributed by atoms with Crippen molar-refractivity contribution < 1.29 is 4.79 Å². The largest absolute Gasteiger partial charge is 0.349 e. The van der Waals surface area contributed by atoms with Crippen molar-refractivity contribution in [1.29, 1.82) is 0 Å². The van der Waals surface area contributed by atoms with Gasteiger partial charge in [0, 0.05) is 25.2 Å². The Labute approximate surface area is 117 Å². The molecule has 7 nitrogen and oxygen atoms in total. The topological polar surface area (TPSA) is 88.5 Å². The molecule has 0 saturated heterocycles. The number of H-pyrrole nitrogens is 1. The molecule has 0 aliphatic rings. The van der Waals surface area contributed by atoms with Gasteiger partial charge in [-0.2, -0.15) is 5.10 Å². The van der Waals surface area contributed by atoms with E-state index in [0.717, 1.165) is 36.6 Å². The second kappa shape index (κ2) is 6.31. The Bertz CT molecular complexity index is 585. The second-order valence-corrected chi connectivity index (χ2v) is 4.72. The molecule has 0 aliphatic heterocycles. The fourth-order valence-corrected chi connectivity index (χ4v) is 1.97. The van der Waals surface area contributed by atoms with Crippen LogP contribution in [0.25, 0.3) is 0 Å². The van der Waals surface area contributed by atoms with Gasteiger partial charge in [-0.15, -0.1) is 5.10 Å². The van der Waals surface area contributed by atoms with Crippen LogP contribution < -0.4 is 5.32 Å². The Balaban J connectivity index is 1.75. The first kappa shape index (κ1) is 14.2. The summed E-state index contributed by atoms with van der Waals surface area (Å²) in [6.07, 6.45) is 1.55. The van der Waals surface area contributed by atoms with Crippen LogP contribution in [0.5, 0.6) is 0 Å². The number of amides is 1. The summed E-state index contributed by atoms with van der Waals surface area (Å²) in [5, 5.41) is 13.8. The number of aryl methyl sites for hydroxylation is 4. The highest BCUT2D eigenvalue weighted by Crippen LogP contribution is 2.02. The minimum atomic E-state index is -0.241. The van der Waals surface area contributed by atoms with Crippen LogP contribution in [0.2, 0.25) is 0 Å². The number of nitrogens with zero attached hydrogens (tertiary/aromatic N) is 4. The molecule has 7 heteroatoms. The Morgan fingerprint density at radius 2 is 2.25 bits per heavy atom. The number of carbonyl (C=O) groups excluding carboxylic acids is 1. The molecule has 2 heterocycles. The van der Waals surface area contributed by atoms with Crippen LogP contribution in [-0.4, -0.2) is 37.4 Å². The average Bonchev–Trinajstić information content (AvgIpc) is 3.01. The lowest BCUT2D eigenvalue weighted by Gasteiger charge is -2.05. The number of rotatable bonds is 6. The molecule has 0 aliphatic carbocycles. The lowest BCUT2D eigenvalue weighted by Crippen LogP contribution is -2.26. The average molecular weight is 276 g/mol. The highest BCUT2D eigenvalue weighted by atomic mass is 16.2. The number of hydrogen-bond acceptors (Lipinski definition) is 4. The summed E-state index contributed by atoms with van der Waals surface area (Å²) in [6, 6.07) is 2.04. The zero-order chi connectivity index (χ0) is 14.5. The molecular formula is C13H20N6O. The quantitative estimate of drug-likeness (QED) is 0.770. The van der Waals surface area contributed by atoms with Gasteiger partial charge in [0.05, 0.1) is 5.69 Å². The summed E-state index contributed by atoms with van der Waals surface area (Å²) >= 11 is 0. The van der Waals surface area contributed by atoms with Crippen LogP contribution in [0.1, 0.15) is 41.2 Å². The second-order valence-electron chi connectivity index (χ2n) is 4.72. The molecule has 0 fully saturated rings. The maximum atomic E-state index is 11.8. The van der Waals surface area contributed by atoms with E-state index >= 15 is 0 Å². The smallest absolute Gasteiger partial charge is 0.290 e. The standard InChI is InChI=1S/C13H20N6O/c1-4-11-15-12(17-16-11)13(20)14-6-5-7-19-10(3)8-9(2)18-19/h8H,4-7H2,1-3H3,(H,14,20)(H,15,16,17). The van der Waals surface area contributed by atoms with E-state index in [2.05, 4.69) is 25.6 Å². The summed E-state index contributed by atoms with van der Waals surface area (Å²) in [4.78, 5) is 15.9. The number of nitrogens with one attached hydrogen (secondary N) is 2. The van der Waals surface area contributed by atoms with Crippen molar-refractivity contribution in [3.05, 3.63) is 29.1 Å². The predicted octanol–water partition coefficient (Wildman–Crippen LogP) is 1.00. The maximum Gasteiger partial charge on any atom is 0.290 e. The molecule has 0 atom stereocenters. The number of aromatic nitrogens is 5. The van der Waals surface area contributed by atoms with Gasteiger partial charge in [-0.3, -0.25) is 14.6 Å². The molecule has 20 heavy (non-hydrogen) atoms. The van der Waals surface area contributed by atoms with Crippen molar-refractivity contribution >= 4 is 5.91 Å². The van der Waals surface area contributed by atoms with Crippen molar-refractivity contribution in [3.8, 4) is 0 Å². The molecule has 0 radical (unpaired) electrons. The van der Waals surface area contributed by atoms with Crippen molar-refractivity contribution in [2.24, 2.45) is 0 Å². The highest BCUT2D eigenvalue weighted by molar-refractivity contribution is 5.90. The lowest BCUT2D eigenvalue weighted by molar-refractivity contribution is 0.0942. The first-order valence-corrected chi connectivity index (χ1v) is 6.80. The van der Waals surface area contributed by atoms with Gasteiger partial charge in [0.25, 0.3) is 5.91 Å². The number of hydrogen-bond donors (Lipinski definition) is 2. The van der Waals surface area contributed by atoms with Gasteiger partial charge in [-0.05, 0) is 26.3 Å². The molecule has 0 saturated carbocycles. The predicted molar refractivity (Wildman–Crippen MR) is 74.4 cm³/mol. The van der Waals surface area contributed by atoms with E-state index in [-0.39, 0.29) is 11.7 Å². The van der Waals surface area contributed by atoms with Crippen molar-refractivity contribution in [2.45, 2.75) is 40.2 Å². The Kier molecular flexibility index (Phi) is 4.49. The zero-order valence-electron chi connectivity index (χ0n) is 12.1. The third kappa shape index (κ3) is 3.43. The molecule has 2 aromatic heterocycles. The van der Waals surface area contributed by atoms with E-state index in [1.807, 2.05) is 31.5 Å². The van der Waals surface area contributed by atoms with Gasteiger partial charge in [0.15, 0.2) is 0 Å². The van der Waals surface area contributed by atoms with E-state index in [1.165, 1.54) is 0 Å².